The number of amides is 1. The summed E-state index contributed by atoms with van der Waals surface area (Å²) in [5.41, 5.74) is 9.52. The van der Waals surface area contributed by atoms with Gasteiger partial charge in [0.25, 0.3) is 5.91 Å². The summed E-state index contributed by atoms with van der Waals surface area (Å²) >= 11 is 6.09. The molecule has 0 fully saturated rings. The van der Waals surface area contributed by atoms with Crippen LogP contribution in [0.25, 0.3) is 0 Å². The minimum absolute atomic E-state index is 0.157. The maximum absolute atomic E-state index is 11.6. The highest BCUT2D eigenvalue weighted by Gasteiger charge is 2.07. The van der Waals surface area contributed by atoms with Crippen molar-refractivity contribution in [3.05, 3.63) is 52.5 Å². The van der Waals surface area contributed by atoms with E-state index in [4.69, 9.17) is 17.3 Å². The van der Waals surface area contributed by atoms with Crippen molar-refractivity contribution < 1.29 is 4.79 Å². The van der Waals surface area contributed by atoms with E-state index in [1.54, 1.807) is 25.2 Å². The van der Waals surface area contributed by atoms with Crippen LogP contribution in [0.5, 0.6) is 0 Å². The molecule has 2 aromatic carbocycles. The van der Waals surface area contributed by atoms with Crippen molar-refractivity contribution in [3.8, 4) is 0 Å². The lowest BCUT2D eigenvalue weighted by Gasteiger charge is -2.12. The first kappa shape index (κ1) is 14.2. The Morgan fingerprint density at radius 2 is 1.95 bits per heavy atom. The molecule has 20 heavy (non-hydrogen) atoms. The highest BCUT2D eigenvalue weighted by Crippen LogP contribution is 2.27. The standard InChI is InChI=1S/C15H16ClN3O/c1-9-3-5-11(8-12(9)16)19-14-7-10(15(20)18-2)4-6-13(14)17/h3-8,19H,17H2,1-2H3,(H,18,20). The number of nitrogens with one attached hydrogen (secondary N) is 2. The van der Waals surface area contributed by atoms with Crippen molar-refractivity contribution in [3.63, 3.8) is 0 Å². The van der Waals surface area contributed by atoms with Gasteiger partial charge in [0, 0.05) is 23.3 Å². The molecule has 1 amide bonds. The zero-order valence-electron chi connectivity index (χ0n) is 11.3. The lowest BCUT2D eigenvalue weighted by molar-refractivity contribution is 0.0963. The highest BCUT2D eigenvalue weighted by atomic mass is 35.5. The van der Waals surface area contributed by atoms with Crippen LogP contribution in [0.4, 0.5) is 17.1 Å². The predicted octanol–water partition coefficient (Wildman–Crippen LogP) is 3.33. The lowest BCUT2D eigenvalue weighted by Crippen LogP contribution is -2.17. The molecule has 0 radical (unpaired) electrons. The quantitative estimate of drug-likeness (QED) is 0.759. The molecule has 104 valence electrons. The molecule has 0 bridgehead atoms. The minimum Gasteiger partial charge on any atom is -0.397 e. The maximum Gasteiger partial charge on any atom is 0.251 e. The van der Waals surface area contributed by atoms with E-state index >= 15 is 0 Å². The third kappa shape index (κ3) is 3.03. The van der Waals surface area contributed by atoms with Crippen molar-refractivity contribution in [2.75, 3.05) is 18.1 Å². The van der Waals surface area contributed by atoms with Crippen LogP contribution in [0.2, 0.25) is 5.02 Å². The molecule has 2 aromatic rings. The molecule has 0 heterocycles. The Labute approximate surface area is 122 Å². The van der Waals surface area contributed by atoms with Gasteiger partial charge < -0.3 is 16.4 Å². The molecule has 5 heteroatoms. The number of nitrogen functional groups attached to an aromatic ring is 1. The summed E-state index contributed by atoms with van der Waals surface area (Å²) in [5.74, 6) is -0.157. The molecule has 4 N–H and O–H groups in total. The molecular weight excluding hydrogens is 274 g/mol. The van der Waals surface area contributed by atoms with Gasteiger partial charge in [0.15, 0.2) is 0 Å². The molecule has 0 aliphatic carbocycles. The van der Waals surface area contributed by atoms with Gasteiger partial charge in [0.05, 0.1) is 11.4 Å². The van der Waals surface area contributed by atoms with Gasteiger partial charge in [-0.25, -0.2) is 0 Å². The topological polar surface area (TPSA) is 67.2 Å². The number of rotatable bonds is 3. The number of benzene rings is 2. The zero-order chi connectivity index (χ0) is 14.7. The van der Waals surface area contributed by atoms with Crippen molar-refractivity contribution in [1.82, 2.24) is 5.32 Å². The first-order chi connectivity index (χ1) is 9.51. The van der Waals surface area contributed by atoms with E-state index in [9.17, 15) is 4.79 Å². The van der Waals surface area contributed by atoms with E-state index in [0.717, 1.165) is 11.3 Å². The average Bonchev–Trinajstić information content (AvgIpc) is 2.44. The molecule has 0 saturated heterocycles. The van der Waals surface area contributed by atoms with Crippen LogP contribution < -0.4 is 16.4 Å². The van der Waals surface area contributed by atoms with E-state index in [1.807, 2.05) is 25.1 Å². The van der Waals surface area contributed by atoms with Crippen molar-refractivity contribution >= 4 is 34.6 Å². The molecule has 4 nitrogen and oxygen atoms in total. The van der Waals surface area contributed by atoms with E-state index < -0.39 is 0 Å². The van der Waals surface area contributed by atoms with Crippen LogP contribution in [0.3, 0.4) is 0 Å². The SMILES string of the molecule is CNC(=O)c1ccc(N)c(Nc2ccc(C)c(Cl)c2)c1. The minimum atomic E-state index is -0.157. The van der Waals surface area contributed by atoms with Gasteiger partial charge in [-0.3, -0.25) is 4.79 Å². The lowest BCUT2D eigenvalue weighted by atomic mass is 10.1. The molecule has 0 aliphatic rings. The largest absolute Gasteiger partial charge is 0.397 e. The number of hydrogen-bond donors (Lipinski definition) is 3. The summed E-state index contributed by atoms with van der Waals surface area (Å²) in [6.07, 6.45) is 0. The van der Waals surface area contributed by atoms with Crippen LogP contribution >= 0.6 is 11.6 Å². The number of nitrogens with two attached hydrogens (primary N) is 1. The number of carbonyl (C=O) groups excluding carboxylic acids is 1. The summed E-state index contributed by atoms with van der Waals surface area (Å²) in [6, 6.07) is 10.7. The molecular formula is C15H16ClN3O. The molecule has 0 aliphatic heterocycles. The Morgan fingerprint density at radius 3 is 2.60 bits per heavy atom. The van der Waals surface area contributed by atoms with Crippen LogP contribution in [0, 0.1) is 6.92 Å². The summed E-state index contributed by atoms with van der Waals surface area (Å²) in [6.45, 7) is 1.94. The summed E-state index contributed by atoms with van der Waals surface area (Å²) in [7, 11) is 1.59. The molecule has 0 aromatic heterocycles. The predicted molar refractivity (Wildman–Crippen MR) is 83.7 cm³/mol. The first-order valence-corrected chi connectivity index (χ1v) is 6.54. The number of halogens is 1. The molecule has 0 unspecified atom stereocenters. The van der Waals surface area contributed by atoms with Gasteiger partial charge in [0.1, 0.15) is 0 Å². The molecule has 0 spiro atoms. The van der Waals surface area contributed by atoms with E-state index in [2.05, 4.69) is 10.6 Å². The van der Waals surface area contributed by atoms with Gasteiger partial charge >= 0.3 is 0 Å². The zero-order valence-corrected chi connectivity index (χ0v) is 12.1. The Kier molecular flexibility index (Phi) is 4.15. The summed E-state index contributed by atoms with van der Waals surface area (Å²) < 4.78 is 0. The fraction of sp³-hybridized carbons (Fsp3) is 0.133. The highest BCUT2D eigenvalue weighted by molar-refractivity contribution is 6.31. The average molecular weight is 290 g/mol. The molecule has 2 rings (SSSR count). The Morgan fingerprint density at radius 1 is 1.20 bits per heavy atom. The Hall–Kier alpha value is -2.20. The first-order valence-electron chi connectivity index (χ1n) is 6.16. The van der Waals surface area contributed by atoms with Gasteiger partial charge in [-0.1, -0.05) is 17.7 Å². The number of anilines is 3. The van der Waals surface area contributed by atoms with Gasteiger partial charge in [-0.2, -0.15) is 0 Å². The number of carbonyl (C=O) groups is 1. The Balaban J connectivity index is 2.32. The monoisotopic (exact) mass is 289 g/mol. The third-order valence-corrected chi connectivity index (χ3v) is 3.40. The van der Waals surface area contributed by atoms with Crippen LogP contribution in [-0.2, 0) is 0 Å². The molecule has 0 atom stereocenters. The second-order valence-corrected chi connectivity index (χ2v) is 4.88. The van der Waals surface area contributed by atoms with Crippen LogP contribution in [0.1, 0.15) is 15.9 Å². The summed E-state index contributed by atoms with van der Waals surface area (Å²) in [4.78, 5) is 11.6. The van der Waals surface area contributed by atoms with Gasteiger partial charge in [-0.15, -0.1) is 0 Å². The smallest absolute Gasteiger partial charge is 0.251 e. The fourth-order valence-corrected chi connectivity index (χ4v) is 1.96. The maximum atomic E-state index is 11.6. The van der Waals surface area contributed by atoms with E-state index in [1.165, 1.54) is 0 Å². The van der Waals surface area contributed by atoms with Crippen molar-refractivity contribution in [1.29, 1.82) is 0 Å². The number of aryl methyl sites for hydroxylation is 1. The Bertz CT molecular complexity index is 656. The van der Waals surface area contributed by atoms with Crippen molar-refractivity contribution in [2.45, 2.75) is 6.92 Å². The van der Waals surface area contributed by atoms with Gasteiger partial charge in [-0.05, 0) is 42.8 Å². The van der Waals surface area contributed by atoms with E-state index in [-0.39, 0.29) is 5.91 Å². The normalized spacial score (nSPS) is 10.2. The number of hydrogen-bond acceptors (Lipinski definition) is 3. The van der Waals surface area contributed by atoms with Crippen LogP contribution in [-0.4, -0.2) is 13.0 Å². The third-order valence-electron chi connectivity index (χ3n) is 2.99. The van der Waals surface area contributed by atoms with Crippen molar-refractivity contribution in [2.24, 2.45) is 0 Å². The second-order valence-electron chi connectivity index (χ2n) is 4.47. The van der Waals surface area contributed by atoms with E-state index in [0.29, 0.717) is 22.0 Å². The second kappa shape index (κ2) is 5.84. The molecule has 0 saturated carbocycles. The summed E-state index contributed by atoms with van der Waals surface area (Å²) in [5, 5.41) is 6.43. The van der Waals surface area contributed by atoms with Gasteiger partial charge in [0.2, 0.25) is 0 Å². The fourth-order valence-electron chi connectivity index (χ4n) is 1.78. The van der Waals surface area contributed by atoms with Crippen LogP contribution in [0.15, 0.2) is 36.4 Å².